The maximum Gasteiger partial charge on any atom is 0.263 e. The van der Waals surface area contributed by atoms with Gasteiger partial charge in [-0.15, -0.1) is 11.3 Å². The number of hydrogen-bond donors (Lipinski definition) is 2. The zero-order chi connectivity index (χ0) is 21.2. The molecule has 2 aromatic heterocycles. The lowest BCUT2D eigenvalue weighted by Gasteiger charge is -2.28. The van der Waals surface area contributed by atoms with Crippen LogP contribution in [0.4, 0.5) is 0 Å². The molecule has 0 aliphatic carbocycles. The second-order valence-corrected chi connectivity index (χ2v) is 8.66. The summed E-state index contributed by atoms with van der Waals surface area (Å²) in [5.74, 6) is -0.157. The molecule has 0 radical (unpaired) electrons. The third-order valence-electron chi connectivity index (χ3n) is 5.25. The van der Waals surface area contributed by atoms with Crippen molar-refractivity contribution in [3.05, 3.63) is 52.0 Å². The number of pyridine rings is 1. The van der Waals surface area contributed by atoms with Gasteiger partial charge >= 0.3 is 0 Å². The summed E-state index contributed by atoms with van der Waals surface area (Å²) in [6.07, 6.45) is 7.34. The molecule has 0 saturated carbocycles. The van der Waals surface area contributed by atoms with Gasteiger partial charge in [0.05, 0.1) is 9.75 Å². The highest BCUT2D eigenvalue weighted by atomic mass is 32.1. The zero-order valence-electron chi connectivity index (χ0n) is 17.6. The summed E-state index contributed by atoms with van der Waals surface area (Å²) in [5.41, 5.74) is 1.15. The molecule has 30 heavy (non-hydrogen) atoms. The Kier molecular flexibility index (Phi) is 8.80. The van der Waals surface area contributed by atoms with Crippen molar-refractivity contribution >= 4 is 23.2 Å². The van der Waals surface area contributed by atoms with Crippen LogP contribution >= 0.6 is 11.3 Å². The van der Waals surface area contributed by atoms with Crippen molar-refractivity contribution in [2.45, 2.75) is 25.8 Å². The fourth-order valence-electron chi connectivity index (χ4n) is 3.42. The van der Waals surface area contributed by atoms with Crippen molar-refractivity contribution in [2.75, 3.05) is 46.3 Å². The van der Waals surface area contributed by atoms with Gasteiger partial charge in [-0.05, 0) is 55.8 Å². The summed E-state index contributed by atoms with van der Waals surface area (Å²) in [6, 6.07) is 7.40. The van der Waals surface area contributed by atoms with Crippen molar-refractivity contribution in [3.63, 3.8) is 0 Å². The molecule has 0 unspecified atom stereocenters. The summed E-state index contributed by atoms with van der Waals surface area (Å²) in [5, 5.41) is 6.18. The van der Waals surface area contributed by atoms with E-state index in [9.17, 15) is 9.59 Å². The van der Waals surface area contributed by atoms with E-state index < -0.39 is 0 Å². The first kappa shape index (κ1) is 22.4. The summed E-state index contributed by atoms with van der Waals surface area (Å²) >= 11 is 1.26. The minimum atomic E-state index is -0.138. The zero-order valence-corrected chi connectivity index (χ0v) is 18.4. The van der Waals surface area contributed by atoms with Crippen LogP contribution in [0.25, 0.3) is 0 Å². The van der Waals surface area contributed by atoms with Crippen molar-refractivity contribution in [1.82, 2.24) is 25.4 Å². The molecule has 3 heterocycles. The summed E-state index contributed by atoms with van der Waals surface area (Å²) in [6.45, 7) is 5.81. The van der Waals surface area contributed by atoms with Crippen LogP contribution in [0.15, 0.2) is 36.7 Å². The summed E-state index contributed by atoms with van der Waals surface area (Å²) < 4.78 is 0. The number of hydrogen-bond acceptors (Lipinski definition) is 6. The quantitative estimate of drug-likeness (QED) is 0.567. The van der Waals surface area contributed by atoms with Gasteiger partial charge in [0.1, 0.15) is 0 Å². The Morgan fingerprint density at radius 2 is 1.80 bits per heavy atom. The van der Waals surface area contributed by atoms with E-state index in [0.717, 1.165) is 31.7 Å². The Balaban J connectivity index is 1.37. The highest BCUT2D eigenvalue weighted by Crippen LogP contribution is 2.18. The van der Waals surface area contributed by atoms with E-state index in [2.05, 4.69) is 20.5 Å². The number of thiophene rings is 1. The van der Waals surface area contributed by atoms with E-state index in [4.69, 9.17) is 0 Å². The summed E-state index contributed by atoms with van der Waals surface area (Å²) in [4.78, 5) is 34.3. The summed E-state index contributed by atoms with van der Waals surface area (Å²) in [7, 11) is 1.83. The standard InChI is InChI=1S/C22H31N5O2S/c1-26(15-16-27-13-3-2-4-14-27)22(29)20-6-5-19(30-20)21(28)25-12-11-24-17-18-7-9-23-10-8-18/h5-10,24H,2-4,11-17H2,1H3,(H,25,28). The average molecular weight is 430 g/mol. The smallest absolute Gasteiger partial charge is 0.263 e. The number of likely N-dealkylation sites (N-methyl/N-ethyl adjacent to an activating group) is 1. The number of rotatable bonds is 10. The first-order chi connectivity index (χ1) is 14.6. The molecule has 2 N–H and O–H groups in total. The molecule has 1 fully saturated rings. The molecule has 1 saturated heterocycles. The van der Waals surface area contributed by atoms with Crippen LogP contribution < -0.4 is 10.6 Å². The molecule has 1 aliphatic rings. The third-order valence-corrected chi connectivity index (χ3v) is 6.33. The van der Waals surface area contributed by atoms with Crippen molar-refractivity contribution in [1.29, 1.82) is 0 Å². The number of aromatic nitrogens is 1. The van der Waals surface area contributed by atoms with Gasteiger partial charge in [-0.25, -0.2) is 0 Å². The van der Waals surface area contributed by atoms with Crippen LogP contribution in [-0.2, 0) is 6.54 Å². The molecule has 1 aliphatic heterocycles. The van der Waals surface area contributed by atoms with E-state index in [1.807, 2.05) is 19.2 Å². The largest absolute Gasteiger partial charge is 0.350 e. The first-order valence-electron chi connectivity index (χ1n) is 10.6. The average Bonchev–Trinajstić information content (AvgIpc) is 3.28. The second kappa shape index (κ2) is 11.8. The first-order valence-corrected chi connectivity index (χ1v) is 11.4. The molecule has 0 aromatic carbocycles. The predicted molar refractivity (Wildman–Crippen MR) is 120 cm³/mol. The highest BCUT2D eigenvalue weighted by Gasteiger charge is 2.18. The third kappa shape index (κ3) is 6.90. The predicted octanol–water partition coefficient (Wildman–Crippen LogP) is 2.22. The van der Waals surface area contributed by atoms with Crippen LogP contribution in [-0.4, -0.2) is 72.9 Å². The van der Waals surface area contributed by atoms with Crippen LogP contribution in [0.2, 0.25) is 0 Å². The molecule has 7 nitrogen and oxygen atoms in total. The number of nitrogens with zero attached hydrogens (tertiary/aromatic N) is 3. The van der Waals surface area contributed by atoms with Gasteiger partial charge in [-0.3, -0.25) is 14.6 Å². The van der Waals surface area contributed by atoms with E-state index in [1.165, 1.54) is 30.6 Å². The van der Waals surface area contributed by atoms with Gasteiger partial charge in [-0.1, -0.05) is 6.42 Å². The maximum atomic E-state index is 12.7. The van der Waals surface area contributed by atoms with E-state index in [-0.39, 0.29) is 11.8 Å². The Labute approximate surface area is 182 Å². The van der Waals surface area contributed by atoms with Crippen molar-refractivity contribution in [3.8, 4) is 0 Å². The van der Waals surface area contributed by atoms with E-state index >= 15 is 0 Å². The van der Waals surface area contributed by atoms with Gasteiger partial charge < -0.3 is 20.4 Å². The molecular weight excluding hydrogens is 398 g/mol. The Hall–Kier alpha value is -2.29. The molecule has 2 aromatic rings. The van der Waals surface area contributed by atoms with Crippen molar-refractivity contribution < 1.29 is 9.59 Å². The fraction of sp³-hybridized carbons (Fsp3) is 0.500. The molecule has 0 atom stereocenters. The monoisotopic (exact) mass is 429 g/mol. The molecule has 8 heteroatoms. The lowest BCUT2D eigenvalue weighted by molar-refractivity contribution is 0.0777. The number of amides is 2. The van der Waals surface area contributed by atoms with E-state index in [1.54, 1.807) is 29.4 Å². The molecule has 3 rings (SSSR count). The van der Waals surface area contributed by atoms with Gasteiger partial charge in [0.2, 0.25) is 0 Å². The fourth-order valence-corrected chi connectivity index (χ4v) is 4.34. The number of piperidine rings is 1. The number of carbonyl (C=O) groups excluding carboxylic acids is 2. The molecular formula is C22H31N5O2S. The van der Waals surface area contributed by atoms with Gasteiger partial charge in [-0.2, -0.15) is 0 Å². The Morgan fingerprint density at radius 3 is 2.57 bits per heavy atom. The normalized spacial score (nSPS) is 14.4. The van der Waals surface area contributed by atoms with Crippen LogP contribution in [0.5, 0.6) is 0 Å². The van der Waals surface area contributed by atoms with E-state index in [0.29, 0.717) is 29.4 Å². The van der Waals surface area contributed by atoms with Crippen molar-refractivity contribution in [2.24, 2.45) is 0 Å². The topological polar surface area (TPSA) is 77.6 Å². The van der Waals surface area contributed by atoms with Crippen LogP contribution in [0, 0.1) is 0 Å². The lowest BCUT2D eigenvalue weighted by Crippen LogP contribution is -2.38. The number of carbonyl (C=O) groups is 2. The van der Waals surface area contributed by atoms with Gasteiger partial charge in [0.25, 0.3) is 11.8 Å². The molecule has 0 bridgehead atoms. The highest BCUT2D eigenvalue weighted by molar-refractivity contribution is 7.15. The molecule has 0 spiro atoms. The minimum Gasteiger partial charge on any atom is -0.350 e. The Bertz CT molecular complexity index is 805. The number of nitrogens with one attached hydrogen (secondary N) is 2. The molecule has 162 valence electrons. The maximum absolute atomic E-state index is 12.7. The minimum absolute atomic E-state index is 0.0184. The van der Waals surface area contributed by atoms with Crippen LogP contribution in [0.1, 0.15) is 44.2 Å². The molecule has 2 amide bonds. The Morgan fingerprint density at radius 1 is 1.07 bits per heavy atom. The SMILES string of the molecule is CN(CCN1CCCCC1)C(=O)c1ccc(C(=O)NCCNCc2ccncc2)s1. The lowest BCUT2D eigenvalue weighted by atomic mass is 10.1. The van der Waals surface area contributed by atoms with Crippen LogP contribution in [0.3, 0.4) is 0 Å². The van der Waals surface area contributed by atoms with Gasteiger partial charge in [0, 0.05) is 52.2 Å². The van der Waals surface area contributed by atoms with Gasteiger partial charge in [0.15, 0.2) is 0 Å². The second-order valence-electron chi connectivity index (χ2n) is 7.58. The number of likely N-dealkylation sites (tertiary alicyclic amines) is 1.